The van der Waals surface area contributed by atoms with Crippen LogP contribution in [0, 0.1) is 0 Å². The van der Waals surface area contributed by atoms with Gasteiger partial charge in [0.1, 0.15) is 6.54 Å². The summed E-state index contributed by atoms with van der Waals surface area (Å²) in [5.41, 5.74) is 2.68. The molecule has 174 valence electrons. The minimum absolute atomic E-state index is 0.114. The van der Waals surface area contributed by atoms with Gasteiger partial charge in [0.2, 0.25) is 5.91 Å². The minimum Gasteiger partial charge on any atom is -0.338 e. The molecule has 1 aromatic heterocycles. The van der Waals surface area contributed by atoms with Gasteiger partial charge in [0, 0.05) is 35.2 Å². The molecule has 0 unspecified atom stereocenters. The summed E-state index contributed by atoms with van der Waals surface area (Å²) in [7, 11) is 0. The molecule has 3 aromatic rings. The Balaban J connectivity index is 1.41. The lowest BCUT2D eigenvalue weighted by Crippen LogP contribution is -2.43. The average Bonchev–Trinajstić information content (AvgIpc) is 3.32. The average molecular weight is 474 g/mol. The third-order valence-corrected chi connectivity index (χ3v) is 7.50. The number of benzene rings is 2. The topological polar surface area (TPSA) is 62.6 Å². The molecule has 0 saturated carbocycles. The van der Waals surface area contributed by atoms with Crippen LogP contribution in [0.4, 0.5) is 4.79 Å². The predicted molar refractivity (Wildman–Crippen MR) is 135 cm³/mol. The van der Waals surface area contributed by atoms with Crippen molar-refractivity contribution >= 4 is 45.8 Å². The Hall–Kier alpha value is -3.32. The highest BCUT2D eigenvalue weighted by atomic mass is 32.2. The van der Waals surface area contributed by atoms with Crippen molar-refractivity contribution in [1.82, 2.24) is 14.4 Å². The fourth-order valence-electron chi connectivity index (χ4n) is 4.77. The maximum atomic E-state index is 13.1. The molecule has 0 radical (unpaired) electrons. The number of amides is 3. The van der Waals surface area contributed by atoms with E-state index >= 15 is 0 Å². The van der Waals surface area contributed by atoms with Gasteiger partial charge in [-0.15, -0.1) is 0 Å². The molecule has 0 spiro atoms. The van der Waals surface area contributed by atoms with Crippen LogP contribution in [0.15, 0.2) is 65.7 Å². The number of aromatic nitrogens is 1. The quantitative estimate of drug-likeness (QED) is 0.473. The second-order valence-electron chi connectivity index (χ2n) is 8.91. The normalized spacial score (nSPS) is 20.0. The van der Waals surface area contributed by atoms with Gasteiger partial charge in [-0.05, 0) is 55.7 Å². The summed E-state index contributed by atoms with van der Waals surface area (Å²) in [4.78, 5) is 42.4. The molecule has 3 amide bonds. The monoisotopic (exact) mass is 473 g/mol. The maximum Gasteiger partial charge on any atom is 0.293 e. The second kappa shape index (κ2) is 9.50. The molecule has 2 saturated heterocycles. The third-order valence-electron chi connectivity index (χ3n) is 6.59. The van der Waals surface area contributed by atoms with Crippen LogP contribution in [0.5, 0.6) is 0 Å². The number of rotatable bonds is 5. The summed E-state index contributed by atoms with van der Waals surface area (Å²) in [5.74, 6) is -0.170. The number of nitrogens with zero attached hydrogens (tertiary/aromatic N) is 3. The van der Waals surface area contributed by atoms with E-state index in [1.807, 2.05) is 70.3 Å². The van der Waals surface area contributed by atoms with Crippen LogP contribution in [0.2, 0.25) is 0 Å². The van der Waals surface area contributed by atoms with Crippen molar-refractivity contribution in [2.45, 2.75) is 45.3 Å². The van der Waals surface area contributed by atoms with E-state index in [9.17, 15) is 14.4 Å². The van der Waals surface area contributed by atoms with Crippen molar-refractivity contribution in [2.24, 2.45) is 0 Å². The molecule has 3 heterocycles. The van der Waals surface area contributed by atoms with Crippen molar-refractivity contribution in [3.63, 3.8) is 0 Å². The molecule has 34 heavy (non-hydrogen) atoms. The van der Waals surface area contributed by atoms with Gasteiger partial charge in [-0.3, -0.25) is 19.3 Å². The number of carbonyl (C=O) groups excluding carboxylic acids is 3. The van der Waals surface area contributed by atoms with Crippen LogP contribution in [-0.4, -0.2) is 44.0 Å². The minimum atomic E-state index is -0.283. The van der Waals surface area contributed by atoms with Crippen molar-refractivity contribution in [2.75, 3.05) is 6.54 Å². The van der Waals surface area contributed by atoms with E-state index in [1.165, 1.54) is 11.3 Å². The van der Waals surface area contributed by atoms with E-state index in [1.54, 1.807) is 6.08 Å². The lowest BCUT2D eigenvalue weighted by Gasteiger charge is -2.33. The van der Waals surface area contributed by atoms with Gasteiger partial charge in [0.05, 0.1) is 11.4 Å². The van der Waals surface area contributed by atoms with Crippen molar-refractivity contribution < 1.29 is 14.4 Å². The molecule has 0 aliphatic carbocycles. The van der Waals surface area contributed by atoms with Crippen LogP contribution in [-0.2, 0) is 22.7 Å². The zero-order chi connectivity index (χ0) is 23.7. The molecule has 0 N–H and O–H groups in total. The molecule has 2 aliphatic heterocycles. The van der Waals surface area contributed by atoms with Crippen LogP contribution >= 0.6 is 11.8 Å². The lowest BCUT2D eigenvalue weighted by atomic mass is 10.0. The molecule has 2 aliphatic rings. The van der Waals surface area contributed by atoms with E-state index in [0.717, 1.165) is 53.2 Å². The van der Waals surface area contributed by atoms with E-state index in [0.29, 0.717) is 4.91 Å². The Morgan fingerprint density at radius 2 is 1.82 bits per heavy atom. The molecule has 7 heteroatoms. The van der Waals surface area contributed by atoms with E-state index in [-0.39, 0.29) is 36.2 Å². The molecule has 6 nitrogen and oxygen atoms in total. The summed E-state index contributed by atoms with van der Waals surface area (Å²) < 4.78 is 1.96. The second-order valence-corrected chi connectivity index (χ2v) is 9.91. The van der Waals surface area contributed by atoms with Gasteiger partial charge in [-0.1, -0.05) is 48.5 Å². The first-order valence-electron chi connectivity index (χ1n) is 11.7. The number of hydrogen-bond donors (Lipinski definition) is 0. The predicted octanol–water partition coefficient (Wildman–Crippen LogP) is 5.28. The molecular weight excluding hydrogens is 446 g/mol. The number of piperidine rings is 1. The summed E-state index contributed by atoms with van der Waals surface area (Å²) in [5, 5.41) is 0.690. The fourth-order valence-corrected chi connectivity index (χ4v) is 5.60. The fraction of sp³-hybridized carbons (Fsp3) is 0.296. The van der Waals surface area contributed by atoms with Gasteiger partial charge in [-0.25, -0.2) is 0 Å². The van der Waals surface area contributed by atoms with E-state index in [2.05, 4.69) is 6.92 Å². The molecule has 5 rings (SSSR count). The Morgan fingerprint density at radius 3 is 2.62 bits per heavy atom. The molecule has 0 bridgehead atoms. The number of imide groups is 1. The van der Waals surface area contributed by atoms with Crippen LogP contribution in [0.3, 0.4) is 0 Å². The van der Waals surface area contributed by atoms with Crippen molar-refractivity contribution in [3.8, 4) is 0 Å². The van der Waals surface area contributed by atoms with E-state index in [4.69, 9.17) is 0 Å². The Labute approximate surface area is 203 Å². The molecule has 1 atom stereocenters. The summed E-state index contributed by atoms with van der Waals surface area (Å²) in [6, 6.07) is 17.6. The van der Waals surface area contributed by atoms with Crippen molar-refractivity contribution in [1.29, 1.82) is 0 Å². The zero-order valence-corrected chi connectivity index (χ0v) is 20.0. The Kier molecular flexibility index (Phi) is 6.28. The van der Waals surface area contributed by atoms with Crippen LogP contribution < -0.4 is 0 Å². The first-order valence-corrected chi connectivity index (χ1v) is 12.5. The summed E-state index contributed by atoms with van der Waals surface area (Å²) in [6.07, 6.45) is 6.96. The zero-order valence-electron chi connectivity index (χ0n) is 19.1. The molecular formula is C27H27N3O3S. The first-order chi connectivity index (χ1) is 16.5. The number of hydrogen-bond acceptors (Lipinski definition) is 4. The van der Waals surface area contributed by atoms with Gasteiger partial charge in [0.25, 0.3) is 11.1 Å². The largest absolute Gasteiger partial charge is 0.338 e. The summed E-state index contributed by atoms with van der Waals surface area (Å²) in [6.45, 7) is 3.43. The van der Waals surface area contributed by atoms with E-state index < -0.39 is 0 Å². The third kappa shape index (κ3) is 4.40. The first kappa shape index (κ1) is 22.5. The van der Waals surface area contributed by atoms with Gasteiger partial charge in [0.15, 0.2) is 0 Å². The summed E-state index contributed by atoms with van der Waals surface area (Å²) >= 11 is 0.965. The van der Waals surface area contributed by atoms with Gasteiger partial charge in [-0.2, -0.15) is 0 Å². The number of carbonyl (C=O) groups is 3. The van der Waals surface area contributed by atoms with Crippen molar-refractivity contribution in [3.05, 3.63) is 76.8 Å². The van der Waals surface area contributed by atoms with Crippen LogP contribution in [0.1, 0.15) is 37.3 Å². The highest BCUT2D eigenvalue weighted by Crippen LogP contribution is 2.35. The number of thioether (sulfide) groups is 1. The molecule has 2 aromatic carbocycles. The van der Waals surface area contributed by atoms with Gasteiger partial charge >= 0.3 is 0 Å². The highest BCUT2D eigenvalue weighted by molar-refractivity contribution is 8.18. The Bertz CT molecular complexity index is 1280. The lowest BCUT2D eigenvalue weighted by molar-refractivity contribution is -0.135. The smallest absolute Gasteiger partial charge is 0.293 e. The van der Waals surface area contributed by atoms with Gasteiger partial charge < -0.3 is 9.47 Å². The number of para-hydroxylation sites is 1. The highest BCUT2D eigenvalue weighted by Gasteiger charge is 2.35. The standard InChI is InChI=1S/C27H27N3O3S/c1-19-9-7-8-14-29(19)25(31)18-28-17-21(22-12-5-6-13-23(22)28)15-24-26(32)30(27(33)34-24)16-20-10-3-2-4-11-20/h2-6,10-13,15,17,19H,7-9,14,16,18H2,1H3/b24-15-/t19-/m1/s1. The SMILES string of the molecule is C[C@@H]1CCCCN1C(=O)Cn1cc(/C=C2\SC(=O)N(Cc3ccccc3)C2=O)c2ccccc21. The maximum absolute atomic E-state index is 13.1. The number of fused-ring (bicyclic) bond motifs is 1. The number of likely N-dealkylation sites (tertiary alicyclic amines) is 1. The Morgan fingerprint density at radius 1 is 1.06 bits per heavy atom. The molecule has 2 fully saturated rings. The van der Waals surface area contributed by atoms with Crippen LogP contribution in [0.25, 0.3) is 17.0 Å².